The second-order valence-corrected chi connectivity index (χ2v) is 6.32. The van der Waals surface area contributed by atoms with E-state index in [2.05, 4.69) is 17.3 Å². The molecule has 0 saturated heterocycles. The van der Waals surface area contributed by atoms with Crippen molar-refractivity contribution in [3.05, 3.63) is 30.0 Å². The first kappa shape index (κ1) is 17.2. The number of ether oxygens (including phenoxy) is 3. The van der Waals surface area contributed by atoms with Gasteiger partial charge in [-0.05, 0) is 55.4 Å². The molecule has 22 heavy (non-hydrogen) atoms. The minimum absolute atomic E-state index is 0.119. The number of hydrogen-bond donors (Lipinski definition) is 0. The van der Waals surface area contributed by atoms with Crippen LogP contribution in [0.3, 0.4) is 0 Å². The summed E-state index contributed by atoms with van der Waals surface area (Å²) in [6.07, 6.45) is 10.5. The molecule has 1 aromatic rings. The minimum atomic E-state index is 0.119. The van der Waals surface area contributed by atoms with Crippen molar-refractivity contribution >= 4 is 11.8 Å². The Morgan fingerprint density at radius 2 is 2.27 bits per heavy atom. The molecule has 0 saturated carbocycles. The quantitative estimate of drug-likeness (QED) is 0.512. The van der Waals surface area contributed by atoms with Crippen LogP contribution in [0.1, 0.15) is 25.7 Å². The lowest BCUT2D eigenvalue weighted by molar-refractivity contribution is 0.200. The van der Waals surface area contributed by atoms with Crippen molar-refractivity contribution in [3.63, 3.8) is 0 Å². The van der Waals surface area contributed by atoms with Gasteiger partial charge in [0, 0.05) is 13.2 Å². The fourth-order valence-electron chi connectivity index (χ4n) is 2.44. The summed E-state index contributed by atoms with van der Waals surface area (Å²) in [7, 11) is 1.73. The maximum Gasteiger partial charge on any atom is 0.213 e. The Kier molecular flexibility index (Phi) is 7.60. The number of pyridine rings is 1. The molecule has 0 bridgehead atoms. The molecule has 122 valence electrons. The zero-order chi connectivity index (χ0) is 15.6. The molecule has 0 aliphatic heterocycles. The van der Waals surface area contributed by atoms with Crippen LogP contribution < -0.4 is 9.47 Å². The van der Waals surface area contributed by atoms with E-state index < -0.39 is 0 Å². The first-order valence-corrected chi connectivity index (χ1v) is 9.14. The summed E-state index contributed by atoms with van der Waals surface area (Å²) in [5, 5.41) is 0. The molecule has 0 amide bonds. The van der Waals surface area contributed by atoms with E-state index in [1.54, 1.807) is 13.3 Å². The van der Waals surface area contributed by atoms with Gasteiger partial charge in [-0.15, -0.1) is 0 Å². The largest absolute Gasteiger partial charge is 0.485 e. The van der Waals surface area contributed by atoms with Gasteiger partial charge in [-0.25, -0.2) is 4.98 Å². The van der Waals surface area contributed by atoms with Gasteiger partial charge in [0.15, 0.2) is 0 Å². The van der Waals surface area contributed by atoms with Crippen LogP contribution in [0, 0.1) is 0 Å². The van der Waals surface area contributed by atoms with Gasteiger partial charge in [-0.2, -0.15) is 11.8 Å². The Labute approximate surface area is 137 Å². The van der Waals surface area contributed by atoms with Crippen molar-refractivity contribution in [3.8, 4) is 11.6 Å². The third-order valence-corrected chi connectivity index (χ3v) is 4.17. The van der Waals surface area contributed by atoms with E-state index in [1.807, 2.05) is 23.9 Å². The zero-order valence-corrected chi connectivity index (χ0v) is 14.2. The van der Waals surface area contributed by atoms with Gasteiger partial charge >= 0.3 is 0 Å². The van der Waals surface area contributed by atoms with Crippen LogP contribution in [0.2, 0.25) is 0 Å². The van der Waals surface area contributed by atoms with Gasteiger partial charge < -0.3 is 14.2 Å². The third-order valence-electron chi connectivity index (χ3n) is 3.48. The molecule has 1 unspecified atom stereocenters. The van der Waals surface area contributed by atoms with Gasteiger partial charge in [0.05, 0.1) is 19.4 Å². The SMILES string of the molecule is COCC1=CC(Oc2ccc(OCCCSC)nc2)CCC1. The van der Waals surface area contributed by atoms with Gasteiger partial charge in [-0.3, -0.25) is 0 Å². The number of thioether (sulfide) groups is 1. The summed E-state index contributed by atoms with van der Waals surface area (Å²) in [5.74, 6) is 2.56. The maximum atomic E-state index is 5.98. The van der Waals surface area contributed by atoms with E-state index in [-0.39, 0.29) is 6.10 Å². The number of aromatic nitrogens is 1. The van der Waals surface area contributed by atoms with Crippen molar-refractivity contribution in [2.24, 2.45) is 0 Å². The lowest BCUT2D eigenvalue weighted by Gasteiger charge is -2.22. The summed E-state index contributed by atoms with van der Waals surface area (Å²) in [6.45, 7) is 1.40. The molecule has 1 aliphatic rings. The average Bonchev–Trinajstić information content (AvgIpc) is 2.54. The van der Waals surface area contributed by atoms with E-state index in [4.69, 9.17) is 14.2 Å². The van der Waals surface area contributed by atoms with Crippen molar-refractivity contribution in [1.82, 2.24) is 4.98 Å². The van der Waals surface area contributed by atoms with Crippen molar-refractivity contribution in [2.45, 2.75) is 31.8 Å². The van der Waals surface area contributed by atoms with Crippen LogP contribution in [0.15, 0.2) is 30.0 Å². The molecule has 0 radical (unpaired) electrons. The summed E-state index contributed by atoms with van der Waals surface area (Å²) in [4.78, 5) is 4.30. The number of hydrogen-bond acceptors (Lipinski definition) is 5. The molecule has 0 spiro atoms. The molecular formula is C17H25NO3S. The molecule has 0 fully saturated rings. The summed E-state index contributed by atoms with van der Waals surface area (Å²) >= 11 is 1.83. The van der Waals surface area contributed by atoms with E-state index >= 15 is 0 Å². The molecule has 4 nitrogen and oxygen atoms in total. The normalized spacial score (nSPS) is 17.9. The average molecular weight is 323 g/mol. The molecule has 5 heteroatoms. The van der Waals surface area contributed by atoms with Crippen LogP contribution in [-0.2, 0) is 4.74 Å². The summed E-state index contributed by atoms with van der Waals surface area (Å²) < 4.78 is 16.8. The Morgan fingerprint density at radius 1 is 1.36 bits per heavy atom. The summed E-state index contributed by atoms with van der Waals surface area (Å²) in [5.41, 5.74) is 1.32. The standard InChI is InChI=1S/C17H25NO3S/c1-19-13-14-5-3-6-15(11-14)21-16-7-8-17(18-12-16)20-9-4-10-22-2/h7-8,11-12,15H,3-6,9-10,13H2,1-2H3. The number of nitrogens with zero attached hydrogens (tertiary/aromatic N) is 1. The first-order chi connectivity index (χ1) is 10.8. The lowest BCUT2D eigenvalue weighted by Crippen LogP contribution is -2.19. The predicted molar refractivity (Wildman–Crippen MR) is 91.0 cm³/mol. The lowest BCUT2D eigenvalue weighted by atomic mass is 9.98. The van der Waals surface area contributed by atoms with Gasteiger partial charge in [-0.1, -0.05) is 0 Å². The molecule has 1 heterocycles. The Bertz CT molecular complexity index is 461. The van der Waals surface area contributed by atoms with Crippen LogP contribution in [0.4, 0.5) is 0 Å². The zero-order valence-electron chi connectivity index (χ0n) is 13.4. The highest BCUT2D eigenvalue weighted by Gasteiger charge is 2.15. The van der Waals surface area contributed by atoms with Gasteiger partial charge in [0.1, 0.15) is 11.9 Å². The highest BCUT2D eigenvalue weighted by Crippen LogP contribution is 2.23. The smallest absolute Gasteiger partial charge is 0.213 e. The second kappa shape index (κ2) is 9.74. The van der Waals surface area contributed by atoms with E-state index in [9.17, 15) is 0 Å². The molecular weight excluding hydrogens is 298 g/mol. The van der Waals surface area contributed by atoms with Crippen molar-refractivity contribution < 1.29 is 14.2 Å². The topological polar surface area (TPSA) is 40.6 Å². The van der Waals surface area contributed by atoms with Gasteiger partial charge in [0.2, 0.25) is 5.88 Å². The molecule has 0 aromatic carbocycles. The van der Waals surface area contributed by atoms with E-state index in [1.165, 1.54) is 5.57 Å². The van der Waals surface area contributed by atoms with Crippen LogP contribution in [-0.4, -0.2) is 43.4 Å². The van der Waals surface area contributed by atoms with E-state index in [0.29, 0.717) is 19.1 Å². The third kappa shape index (κ3) is 5.89. The number of methoxy groups -OCH3 is 1. The minimum Gasteiger partial charge on any atom is -0.485 e. The molecule has 1 aliphatic carbocycles. The van der Waals surface area contributed by atoms with Crippen molar-refractivity contribution in [1.29, 1.82) is 0 Å². The first-order valence-electron chi connectivity index (χ1n) is 7.75. The highest BCUT2D eigenvalue weighted by atomic mass is 32.2. The van der Waals surface area contributed by atoms with Crippen molar-refractivity contribution in [2.75, 3.05) is 32.3 Å². The Balaban J connectivity index is 1.81. The Hall–Kier alpha value is -1.20. The molecule has 1 atom stereocenters. The molecule has 1 aromatic heterocycles. The molecule has 2 rings (SSSR count). The summed E-state index contributed by atoms with van der Waals surface area (Å²) in [6, 6.07) is 3.80. The highest BCUT2D eigenvalue weighted by molar-refractivity contribution is 7.98. The Morgan fingerprint density at radius 3 is 3.00 bits per heavy atom. The predicted octanol–water partition coefficient (Wildman–Crippen LogP) is 3.72. The molecule has 0 N–H and O–H groups in total. The second-order valence-electron chi connectivity index (χ2n) is 5.33. The van der Waals surface area contributed by atoms with Gasteiger partial charge in [0.25, 0.3) is 0 Å². The fourth-order valence-corrected chi connectivity index (χ4v) is 2.84. The maximum absolute atomic E-state index is 5.98. The van der Waals surface area contributed by atoms with Crippen LogP contribution in [0.5, 0.6) is 11.6 Å². The number of rotatable bonds is 9. The van der Waals surface area contributed by atoms with Crippen LogP contribution in [0.25, 0.3) is 0 Å². The van der Waals surface area contributed by atoms with Crippen LogP contribution >= 0.6 is 11.8 Å². The fraction of sp³-hybridized carbons (Fsp3) is 0.588. The monoisotopic (exact) mass is 323 g/mol. The van der Waals surface area contributed by atoms with E-state index in [0.717, 1.165) is 37.2 Å².